The lowest BCUT2D eigenvalue weighted by molar-refractivity contribution is 0.102. The molecule has 1 N–H and O–H groups in total. The summed E-state index contributed by atoms with van der Waals surface area (Å²) in [6.07, 6.45) is 2.64. The summed E-state index contributed by atoms with van der Waals surface area (Å²) < 4.78 is 12.9. The molecule has 2 rings (SSSR count). The van der Waals surface area contributed by atoms with Gasteiger partial charge < -0.3 is 5.32 Å². The van der Waals surface area contributed by atoms with E-state index in [1.54, 1.807) is 6.92 Å². The van der Waals surface area contributed by atoms with Gasteiger partial charge in [0, 0.05) is 5.69 Å². The molecular formula is C12H9ClFN3O. The van der Waals surface area contributed by atoms with Crippen LogP contribution in [-0.2, 0) is 0 Å². The van der Waals surface area contributed by atoms with Crippen LogP contribution in [0.3, 0.4) is 0 Å². The Hall–Kier alpha value is -2.01. The van der Waals surface area contributed by atoms with Gasteiger partial charge in [-0.3, -0.25) is 9.78 Å². The molecule has 0 saturated heterocycles. The Morgan fingerprint density at radius 2 is 2.17 bits per heavy atom. The van der Waals surface area contributed by atoms with E-state index in [0.29, 0.717) is 11.3 Å². The van der Waals surface area contributed by atoms with E-state index in [4.69, 9.17) is 11.6 Å². The van der Waals surface area contributed by atoms with E-state index in [-0.39, 0.29) is 16.7 Å². The van der Waals surface area contributed by atoms with Gasteiger partial charge in [0.25, 0.3) is 5.91 Å². The van der Waals surface area contributed by atoms with Crippen molar-refractivity contribution in [2.24, 2.45) is 0 Å². The Labute approximate surface area is 108 Å². The molecule has 0 spiro atoms. The molecule has 0 aliphatic heterocycles. The number of carbonyl (C=O) groups excluding carboxylic acids is 1. The van der Waals surface area contributed by atoms with E-state index in [9.17, 15) is 9.18 Å². The van der Waals surface area contributed by atoms with Gasteiger partial charge in [0.15, 0.2) is 0 Å². The van der Waals surface area contributed by atoms with Crippen LogP contribution in [-0.4, -0.2) is 15.9 Å². The number of halogens is 2. The number of hydrogen-bond acceptors (Lipinski definition) is 3. The van der Waals surface area contributed by atoms with Gasteiger partial charge in [-0.05, 0) is 30.7 Å². The minimum atomic E-state index is -0.445. The third kappa shape index (κ3) is 2.81. The summed E-state index contributed by atoms with van der Waals surface area (Å²) >= 11 is 5.64. The molecule has 4 nitrogen and oxygen atoms in total. The van der Waals surface area contributed by atoms with Crippen LogP contribution in [0.15, 0.2) is 30.6 Å². The van der Waals surface area contributed by atoms with Crippen molar-refractivity contribution < 1.29 is 9.18 Å². The molecule has 1 aromatic heterocycles. The number of nitrogens with zero attached hydrogens (tertiary/aromatic N) is 2. The third-order valence-electron chi connectivity index (χ3n) is 2.27. The van der Waals surface area contributed by atoms with Gasteiger partial charge in [0.05, 0.1) is 12.4 Å². The fourth-order valence-electron chi connectivity index (χ4n) is 1.41. The highest BCUT2D eigenvalue weighted by Crippen LogP contribution is 2.16. The van der Waals surface area contributed by atoms with Gasteiger partial charge in [-0.1, -0.05) is 11.6 Å². The van der Waals surface area contributed by atoms with Crippen molar-refractivity contribution in [3.8, 4) is 0 Å². The fraction of sp³-hybridized carbons (Fsp3) is 0.0833. The molecule has 0 fully saturated rings. The molecule has 0 saturated carbocycles. The largest absolute Gasteiger partial charge is 0.320 e. The molecule has 1 aromatic carbocycles. The van der Waals surface area contributed by atoms with Crippen LogP contribution >= 0.6 is 11.6 Å². The van der Waals surface area contributed by atoms with Crippen LogP contribution in [0.4, 0.5) is 10.1 Å². The molecule has 2 aromatic rings. The zero-order valence-corrected chi connectivity index (χ0v) is 10.2. The normalized spacial score (nSPS) is 10.2. The van der Waals surface area contributed by atoms with Crippen LogP contribution < -0.4 is 5.32 Å². The number of amides is 1. The highest BCUT2D eigenvalue weighted by molar-refractivity contribution is 6.29. The van der Waals surface area contributed by atoms with Gasteiger partial charge in [-0.25, -0.2) is 9.37 Å². The number of benzene rings is 1. The van der Waals surface area contributed by atoms with Crippen molar-refractivity contribution in [1.82, 2.24) is 9.97 Å². The number of nitrogens with one attached hydrogen (secondary N) is 1. The lowest BCUT2D eigenvalue weighted by Gasteiger charge is -2.07. The second-order valence-corrected chi connectivity index (χ2v) is 4.03. The molecule has 1 amide bonds. The first-order valence-electron chi connectivity index (χ1n) is 5.11. The number of aromatic nitrogens is 2. The molecule has 0 aliphatic carbocycles. The Balaban J connectivity index is 2.21. The summed E-state index contributed by atoms with van der Waals surface area (Å²) in [6.45, 7) is 1.70. The fourth-order valence-corrected chi connectivity index (χ4v) is 1.55. The van der Waals surface area contributed by atoms with Gasteiger partial charge in [0.1, 0.15) is 16.7 Å². The molecule has 0 aliphatic rings. The summed E-state index contributed by atoms with van der Waals surface area (Å²) in [4.78, 5) is 19.4. The first-order chi connectivity index (χ1) is 8.56. The highest BCUT2D eigenvalue weighted by Gasteiger charge is 2.10. The lowest BCUT2D eigenvalue weighted by Crippen LogP contribution is -2.14. The number of rotatable bonds is 2. The van der Waals surface area contributed by atoms with E-state index >= 15 is 0 Å². The second kappa shape index (κ2) is 5.10. The summed E-state index contributed by atoms with van der Waals surface area (Å²) in [5.74, 6) is -0.798. The quantitative estimate of drug-likeness (QED) is 0.908. The maximum Gasteiger partial charge on any atom is 0.275 e. The van der Waals surface area contributed by atoms with Crippen LogP contribution in [0.25, 0.3) is 0 Å². The topological polar surface area (TPSA) is 54.9 Å². The SMILES string of the molecule is Cc1cc(F)ccc1NC(=O)c1cncc(Cl)n1. The molecule has 1 heterocycles. The van der Waals surface area contributed by atoms with Crippen molar-refractivity contribution in [2.45, 2.75) is 6.92 Å². The molecule has 0 radical (unpaired) electrons. The summed E-state index contributed by atoms with van der Waals surface area (Å²) in [5, 5.41) is 2.75. The van der Waals surface area contributed by atoms with Crippen molar-refractivity contribution in [2.75, 3.05) is 5.32 Å². The van der Waals surface area contributed by atoms with Crippen LogP contribution in [0, 0.1) is 12.7 Å². The summed E-state index contributed by atoms with van der Waals surface area (Å²) in [6, 6.07) is 4.09. The first kappa shape index (κ1) is 12.4. The smallest absolute Gasteiger partial charge is 0.275 e. The molecule has 0 unspecified atom stereocenters. The van der Waals surface area contributed by atoms with Crippen LogP contribution in [0.2, 0.25) is 5.15 Å². The summed E-state index contributed by atoms with van der Waals surface area (Å²) in [7, 11) is 0. The lowest BCUT2D eigenvalue weighted by atomic mass is 10.2. The van der Waals surface area contributed by atoms with Crippen LogP contribution in [0.5, 0.6) is 0 Å². The van der Waals surface area contributed by atoms with E-state index in [2.05, 4.69) is 15.3 Å². The maximum absolute atomic E-state index is 12.9. The number of carbonyl (C=O) groups is 1. The Morgan fingerprint density at radius 1 is 1.39 bits per heavy atom. The predicted molar refractivity (Wildman–Crippen MR) is 66.1 cm³/mol. The van der Waals surface area contributed by atoms with E-state index in [0.717, 1.165) is 0 Å². The summed E-state index contributed by atoms with van der Waals surface area (Å²) in [5.41, 5.74) is 1.24. The Kier molecular flexibility index (Phi) is 3.53. The average Bonchev–Trinajstić information content (AvgIpc) is 2.32. The van der Waals surface area contributed by atoms with Crippen molar-refractivity contribution >= 4 is 23.2 Å². The van der Waals surface area contributed by atoms with Crippen molar-refractivity contribution in [3.63, 3.8) is 0 Å². The molecular weight excluding hydrogens is 257 g/mol. The Morgan fingerprint density at radius 3 is 2.83 bits per heavy atom. The highest BCUT2D eigenvalue weighted by atomic mass is 35.5. The van der Waals surface area contributed by atoms with Crippen molar-refractivity contribution in [3.05, 3.63) is 52.8 Å². The van der Waals surface area contributed by atoms with Gasteiger partial charge in [-0.15, -0.1) is 0 Å². The molecule has 18 heavy (non-hydrogen) atoms. The minimum absolute atomic E-state index is 0.103. The van der Waals surface area contributed by atoms with E-state index < -0.39 is 5.91 Å². The zero-order chi connectivity index (χ0) is 13.1. The first-order valence-corrected chi connectivity index (χ1v) is 5.49. The monoisotopic (exact) mass is 265 g/mol. The molecule has 6 heteroatoms. The Bertz CT molecular complexity index is 604. The second-order valence-electron chi connectivity index (χ2n) is 3.64. The number of hydrogen-bond donors (Lipinski definition) is 1. The standard InChI is InChI=1S/C12H9ClFN3O/c1-7-4-8(14)2-3-9(7)17-12(18)10-5-15-6-11(13)16-10/h2-6H,1H3,(H,17,18). The molecule has 0 bridgehead atoms. The van der Waals surface area contributed by atoms with Crippen LogP contribution in [0.1, 0.15) is 16.1 Å². The zero-order valence-electron chi connectivity index (χ0n) is 9.45. The molecule has 0 atom stereocenters. The van der Waals surface area contributed by atoms with E-state index in [1.165, 1.54) is 30.6 Å². The van der Waals surface area contributed by atoms with Gasteiger partial charge in [0.2, 0.25) is 0 Å². The predicted octanol–water partition coefficient (Wildman–Crippen LogP) is 2.83. The van der Waals surface area contributed by atoms with Crippen molar-refractivity contribution in [1.29, 1.82) is 0 Å². The molecule has 92 valence electrons. The van der Waals surface area contributed by atoms with Gasteiger partial charge >= 0.3 is 0 Å². The number of aryl methyl sites for hydroxylation is 1. The number of anilines is 1. The van der Waals surface area contributed by atoms with Gasteiger partial charge in [-0.2, -0.15) is 0 Å². The maximum atomic E-state index is 12.9. The average molecular weight is 266 g/mol. The van der Waals surface area contributed by atoms with E-state index in [1.807, 2.05) is 0 Å². The third-order valence-corrected chi connectivity index (χ3v) is 2.46. The minimum Gasteiger partial charge on any atom is -0.320 e.